The molecule has 0 atom stereocenters. The zero-order valence-corrected chi connectivity index (χ0v) is 14.0. The minimum Gasteiger partial charge on any atom is -0.326 e. The number of carbonyl (C=O) groups excluding carboxylic acids is 2. The van der Waals surface area contributed by atoms with E-state index in [2.05, 4.69) is 5.32 Å². The van der Waals surface area contributed by atoms with Crippen molar-refractivity contribution >= 4 is 23.1 Å². The highest BCUT2D eigenvalue weighted by Gasteiger charge is 2.17. The van der Waals surface area contributed by atoms with Crippen molar-refractivity contribution in [3.63, 3.8) is 0 Å². The van der Waals surface area contributed by atoms with Crippen LogP contribution in [0.15, 0.2) is 36.4 Å². The molecular formula is C19H17FN2O4. The molecule has 0 unspecified atom stereocenters. The fourth-order valence-electron chi connectivity index (χ4n) is 3.07. The van der Waals surface area contributed by atoms with Gasteiger partial charge in [0.15, 0.2) is 5.78 Å². The molecule has 26 heavy (non-hydrogen) atoms. The SMILES string of the molecule is O=C(CCC(=O)c1ccc2c(c1)CCC2)Nc1ccc(F)c([N+](=O)[O-])c1. The van der Waals surface area contributed by atoms with E-state index in [9.17, 15) is 24.1 Å². The van der Waals surface area contributed by atoms with Crippen LogP contribution in [0.1, 0.15) is 40.7 Å². The molecule has 0 aliphatic heterocycles. The Bertz CT molecular complexity index is 895. The number of rotatable bonds is 6. The Morgan fingerprint density at radius 1 is 1.08 bits per heavy atom. The minimum absolute atomic E-state index is 0.0356. The number of nitro groups is 1. The third kappa shape index (κ3) is 3.93. The highest BCUT2D eigenvalue weighted by Crippen LogP contribution is 2.24. The first-order valence-corrected chi connectivity index (χ1v) is 8.33. The van der Waals surface area contributed by atoms with Crippen molar-refractivity contribution in [2.75, 3.05) is 5.32 Å². The number of anilines is 1. The molecule has 0 saturated carbocycles. The Hall–Kier alpha value is -3.09. The van der Waals surface area contributed by atoms with E-state index >= 15 is 0 Å². The summed E-state index contributed by atoms with van der Waals surface area (Å²) in [6.45, 7) is 0. The molecule has 2 aromatic rings. The van der Waals surface area contributed by atoms with Gasteiger partial charge < -0.3 is 5.32 Å². The molecule has 0 fully saturated rings. The van der Waals surface area contributed by atoms with E-state index in [1.807, 2.05) is 12.1 Å². The first kappa shape index (κ1) is 17.7. The van der Waals surface area contributed by atoms with Gasteiger partial charge >= 0.3 is 5.69 Å². The number of nitrogens with one attached hydrogen (secondary N) is 1. The average Bonchev–Trinajstić information content (AvgIpc) is 3.08. The number of Topliss-reactive ketones (excluding diaryl/α,β-unsaturated/α-hetero) is 1. The second-order valence-corrected chi connectivity index (χ2v) is 6.23. The van der Waals surface area contributed by atoms with Gasteiger partial charge in [-0.05, 0) is 48.6 Å². The lowest BCUT2D eigenvalue weighted by molar-refractivity contribution is -0.387. The number of amides is 1. The van der Waals surface area contributed by atoms with Crippen molar-refractivity contribution < 1.29 is 18.9 Å². The van der Waals surface area contributed by atoms with Gasteiger partial charge in [0.05, 0.1) is 4.92 Å². The Balaban J connectivity index is 1.58. The third-order valence-electron chi connectivity index (χ3n) is 4.43. The van der Waals surface area contributed by atoms with Gasteiger partial charge in [0.2, 0.25) is 11.7 Å². The van der Waals surface area contributed by atoms with Crippen LogP contribution >= 0.6 is 0 Å². The number of aryl methyl sites for hydroxylation is 2. The van der Waals surface area contributed by atoms with Crippen molar-refractivity contribution in [3.05, 3.63) is 69.0 Å². The molecule has 0 aromatic heterocycles. The largest absolute Gasteiger partial charge is 0.326 e. The summed E-state index contributed by atoms with van der Waals surface area (Å²) < 4.78 is 13.3. The molecule has 6 nitrogen and oxygen atoms in total. The van der Waals surface area contributed by atoms with Crippen molar-refractivity contribution in [2.24, 2.45) is 0 Å². The van der Waals surface area contributed by atoms with Gasteiger partial charge in [0, 0.05) is 30.2 Å². The number of nitro benzene ring substituents is 1. The van der Waals surface area contributed by atoms with Crippen molar-refractivity contribution in [1.82, 2.24) is 0 Å². The maximum Gasteiger partial charge on any atom is 0.306 e. The predicted molar refractivity (Wildman–Crippen MR) is 93.7 cm³/mol. The fourth-order valence-corrected chi connectivity index (χ4v) is 3.07. The Morgan fingerprint density at radius 3 is 2.62 bits per heavy atom. The highest BCUT2D eigenvalue weighted by atomic mass is 19.1. The lowest BCUT2D eigenvalue weighted by Gasteiger charge is -2.06. The molecule has 2 aromatic carbocycles. The van der Waals surface area contributed by atoms with Gasteiger partial charge in [0.1, 0.15) is 0 Å². The van der Waals surface area contributed by atoms with Crippen molar-refractivity contribution in [3.8, 4) is 0 Å². The molecule has 1 aliphatic rings. The zero-order valence-electron chi connectivity index (χ0n) is 14.0. The Labute approximate surface area is 149 Å². The van der Waals surface area contributed by atoms with Crippen LogP contribution in [0, 0.1) is 15.9 Å². The molecule has 0 radical (unpaired) electrons. The number of ketones is 1. The number of halogens is 1. The van der Waals surface area contributed by atoms with E-state index in [1.54, 1.807) is 6.07 Å². The summed E-state index contributed by atoms with van der Waals surface area (Å²) in [6, 6.07) is 8.76. The van der Waals surface area contributed by atoms with Crippen LogP contribution in [0.4, 0.5) is 15.8 Å². The summed E-state index contributed by atoms with van der Waals surface area (Å²) >= 11 is 0. The van der Waals surface area contributed by atoms with Gasteiger partial charge in [-0.2, -0.15) is 4.39 Å². The van der Waals surface area contributed by atoms with Gasteiger partial charge in [-0.1, -0.05) is 12.1 Å². The third-order valence-corrected chi connectivity index (χ3v) is 4.43. The number of nitrogens with zero attached hydrogens (tertiary/aromatic N) is 1. The van der Waals surface area contributed by atoms with E-state index in [0.717, 1.165) is 31.4 Å². The standard InChI is InChI=1S/C19H17FN2O4/c20-16-7-6-15(11-17(16)22(25)26)21-19(24)9-8-18(23)14-5-4-12-2-1-3-13(12)10-14/h4-7,10-11H,1-3,8-9H2,(H,21,24). The average molecular weight is 356 g/mol. The van der Waals surface area contributed by atoms with Gasteiger partial charge in [-0.3, -0.25) is 19.7 Å². The number of fused-ring (bicyclic) bond motifs is 1. The second-order valence-electron chi connectivity index (χ2n) is 6.23. The van der Waals surface area contributed by atoms with E-state index in [4.69, 9.17) is 0 Å². The monoisotopic (exact) mass is 356 g/mol. The van der Waals surface area contributed by atoms with Crippen LogP contribution in [0.2, 0.25) is 0 Å². The van der Waals surface area contributed by atoms with Crippen LogP contribution in [-0.4, -0.2) is 16.6 Å². The summed E-state index contributed by atoms with van der Waals surface area (Å²) in [7, 11) is 0. The Kier molecular flexibility index (Phi) is 5.06. The fraction of sp³-hybridized carbons (Fsp3) is 0.263. The molecule has 0 saturated heterocycles. The number of hydrogen-bond donors (Lipinski definition) is 1. The lowest BCUT2D eigenvalue weighted by atomic mass is 10.0. The summed E-state index contributed by atoms with van der Waals surface area (Å²) in [6.07, 6.45) is 3.09. The molecule has 134 valence electrons. The maximum absolute atomic E-state index is 13.3. The number of hydrogen-bond acceptors (Lipinski definition) is 4. The summed E-state index contributed by atoms with van der Waals surface area (Å²) in [4.78, 5) is 34.1. The molecule has 0 spiro atoms. The van der Waals surface area contributed by atoms with Crippen LogP contribution < -0.4 is 5.32 Å². The summed E-state index contributed by atoms with van der Waals surface area (Å²) in [5.74, 6) is -1.56. The van der Waals surface area contributed by atoms with Crippen molar-refractivity contribution in [1.29, 1.82) is 0 Å². The van der Waals surface area contributed by atoms with Crippen LogP contribution in [0.25, 0.3) is 0 Å². The van der Waals surface area contributed by atoms with E-state index in [-0.39, 0.29) is 24.3 Å². The molecule has 1 N–H and O–H groups in total. The van der Waals surface area contributed by atoms with Crippen LogP contribution in [-0.2, 0) is 17.6 Å². The smallest absolute Gasteiger partial charge is 0.306 e. The number of benzene rings is 2. The van der Waals surface area contributed by atoms with E-state index < -0.39 is 22.3 Å². The van der Waals surface area contributed by atoms with Crippen LogP contribution in [0.5, 0.6) is 0 Å². The molecule has 1 aliphatic carbocycles. The normalized spacial score (nSPS) is 12.5. The topological polar surface area (TPSA) is 89.3 Å². The summed E-state index contributed by atoms with van der Waals surface area (Å²) in [5.41, 5.74) is 2.47. The molecule has 3 rings (SSSR count). The second kappa shape index (κ2) is 7.43. The molecule has 0 bridgehead atoms. The van der Waals surface area contributed by atoms with Gasteiger partial charge in [-0.15, -0.1) is 0 Å². The summed E-state index contributed by atoms with van der Waals surface area (Å²) in [5, 5.41) is 13.2. The van der Waals surface area contributed by atoms with E-state index in [1.165, 1.54) is 17.2 Å². The van der Waals surface area contributed by atoms with Gasteiger partial charge in [0.25, 0.3) is 0 Å². The minimum atomic E-state index is -0.972. The molecule has 7 heteroatoms. The van der Waals surface area contributed by atoms with Crippen LogP contribution in [0.3, 0.4) is 0 Å². The Morgan fingerprint density at radius 2 is 1.85 bits per heavy atom. The molecular weight excluding hydrogens is 339 g/mol. The lowest BCUT2D eigenvalue weighted by Crippen LogP contribution is -2.14. The zero-order chi connectivity index (χ0) is 18.7. The van der Waals surface area contributed by atoms with Crippen molar-refractivity contribution in [2.45, 2.75) is 32.1 Å². The first-order chi connectivity index (χ1) is 12.4. The van der Waals surface area contributed by atoms with Gasteiger partial charge in [-0.25, -0.2) is 0 Å². The van der Waals surface area contributed by atoms with E-state index in [0.29, 0.717) is 5.56 Å². The molecule has 0 heterocycles. The number of carbonyl (C=O) groups is 2. The quantitative estimate of drug-likeness (QED) is 0.484. The molecule has 1 amide bonds. The maximum atomic E-state index is 13.3. The predicted octanol–water partition coefficient (Wildman–Crippen LogP) is 3.82. The highest BCUT2D eigenvalue weighted by molar-refractivity contribution is 6.00. The first-order valence-electron chi connectivity index (χ1n) is 8.33.